The van der Waals surface area contributed by atoms with E-state index in [1.54, 1.807) is 19.1 Å². The van der Waals surface area contributed by atoms with Crippen molar-refractivity contribution in [1.29, 1.82) is 0 Å². The normalized spacial score (nSPS) is 10.6. The van der Waals surface area contributed by atoms with Gasteiger partial charge in [-0.2, -0.15) is 0 Å². The SMILES string of the molecule is Cc1ccc(C(=O)O)c(=O)n1Cc1cccc(F)c1Br. The summed E-state index contributed by atoms with van der Waals surface area (Å²) in [6, 6.07) is 7.34. The van der Waals surface area contributed by atoms with Crippen LogP contribution in [0.2, 0.25) is 0 Å². The Bertz CT molecular complexity index is 740. The van der Waals surface area contributed by atoms with E-state index in [0.717, 1.165) is 0 Å². The van der Waals surface area contributed by atoms with Crippen LogP contribution in [0.1, 0.15) is 21.6 Å². The van der Waals surface area contributed by atoms with Gasteiger partial charge in [0.1, 0.15) is 11.4 Å². The van der Waals surface area contributed by atoms with Crippen molar-refractivity contribution in [2.45, 2.75) is 13.5 Å². The highest BCUT2D eigenvalue weighted by Crippen LogP contribution is 2.21. The second kappa shape index (κ2) is 5.58. The van der Waals surface area contributed by atoms with E-state index >= 15 is 0 Å². The maximum atomic E-state index is 13.5. The highest BCUT2D eigenvalue weighted by atomic mass is 79.9. The summed E-state index contributed by atoms with van der Waals surface area (Å²) in [6.07, 6.45) is 0. The molecule has 0 radical (unpaired) electrons. The molecule has 2 aromatic rings. The highest BCUT2D eigenvalue weighted by molar-refractivity contribution is 9.10. The van der Waals surface area contributed by atoms with Gasteiger partial charge in [0, 0.05) is 5.69 Å². The topological polar surface area (TPSA) is 59.3 Å². The molecule has 0 unspecified atom stereocenters. The fourth-order valence-electron chi connectivity index (χ4n) is 1.87. The number of hydrogen-bond donors (Lipinski definition) is 1. The summed E-state index contributed by atoms with van der Waals surface area (Å²) in [6.45, 7) is 1.80. The lowest BCUT2D eigenvalue weighted by Gasteiger charge is -2.12. The van der Waals surface area contributed by atoms with Crippen molar-refractivity contribution in [2.75, 3.05) is 0 Å². The molecule has 1 heterocycles. The molecule has 0 saturated carbocycles. The van der Waals surface area contributed by atoms with Crippen LogP contribution >= 0.6 is 15.9 Å². The van der Waals surface area contributed by atoms with Crippen LogP contribution < -0.4 is 5.56 Å². The Balaban J connectivity index is 2.54. The Kier molecular flexibility index (Phi) is 4.04. The maximum Gasteiger partial charge on any atom is 0.341 e. The lowest BCUT2D eigenvalue weighted by atomic mass is 10.2. The molecule has 104 valence electrons. The molecule has 0 aliphatic heterocycles. The van der Waals surface area contributed by atoms with Crippen molar-refractivity contribution in [1.82, 2.24) is 4.57 Å². The van der Waals surface area contributed by atoms with E-state index in [0.29, 0.717) is 11.3 Å². The van der Waals surface area contributed by atoms with Crippen molar-refractivity contribution in [3.05, 3.63) is 67.8 Å². The number of nitrogens with zero attached hydrogens (tertiary/aromatic N) is 1. The van der Waals surface area contributed by atoms with Crippen molar-refractivity contribution in [3.63, 3.8) is 0 Å². The summed E-state index contributed by atoms with van der Waals surface area (Å²) in [4.78, 5) is 23.1. The zero-order chi connectivity index (χ0) is 14.9. The second-order valence-electron chi connectivity index (χ2n) is 4.30. The Morgan fingerprint density at radius 1 is 1.35 bits per heavy atom. The zero-order valence-electron chi connectivity index (χ0n) is 10.6. The third kappa shape index (κ3) is 2.65. The third-order valence-electron chi connectivity index (χ3n) is 2.98. The van der Waals surface area contributed by atoms with Crippen molar-refractivity contribution in [2.24, 2.45) is 0 Å². The first-order valence-corrected chi connectivity index (χ1v) is 6.57. The van der Waals surface area contributed by atoms with Crippen LogP contribution in [0.5, 0.6) is 0 Å². The number of carboxylic acid groups (broad SMARTS) is 1. The van der Waals surface area contributed by atoms with Crippen LogP contribution in [-0.2, 0) is 6.54 Å². The molecule has 0 spiro atoms. The van der Waals surface area contributed by atoms with Crippen molar-refractivity contribution in [3.8, 4) is 0 Å². The molecule has 20 heavy (non-hydrogen) atoms. The van der Waals surface area contributed by atoms with Crippen LogP contribution in [0, 0.1) is 12.7 Å². The molecule has 1 aromatic heterocycles. The number of aromatic nitrogens is 1. The van der Waals surface area contributed by atoms with Gasteiger partial charge >= 0.3 is 5.97 Å². The summed E-state index contributed by atoms with van der Waals surface area (Å²) in [5.74, 6) is -1.70. The molecule has 0 saturated heterocycles. The summed E-state index contributed by atoms with van der Waals surface area (Å²) in [7, 11) is 0. The first-order valence-electron chi connectivity index (χ1n) is 5.78. The van der Waals surface area contributed by atoms with Gasteiger partial charge in [0.05, 0.1) is 11.0 Å². The van der Waals surface area contributed by atoms with Gasteiger partial charge in [0.25, 0.3) is 5.56 Å². The second-order valence-corrected chi connectivity index (χ2v) is 5.09. The van der Waals surface area contributed by atoms with E-state index in [4.69, 9.17) is 5.11 Å². The van der Waals surface area contributed by atoms with Crippen LogP contribution in [0.25, 0.3) is 0 Å². The number of aromatic carboxylic acids is 1. The quantitative estimate of drug-likeness (QED) is 0.935. The fourth-order valence-corrected chi connectivity index (χ4v) is 2.26. The van der Waals surface area contributed by atoms with Crippen LogP contribution in [0.3, 0.4) is 0 Å². The molecular formula is C14H11BrFNO3. The minimum atomic E-state index is -1.28. The maximum absolute atomic E-state index is 13.5. The zero-order valence-corrected chi connectivity index (χ0v) is 12.1. The van der Waals surface area contributed by atoms with E-state index in [9.17, 15) is 14.0 Å². The fraction of sp³-hybridized carbons (Fsp3) is 0.143. The largest absolute Gasteiger partial charge is 0.477 e. The Morgan fingerprint density at radius 2 is 2.05 bits per heavy atom. The Labute approximate surface area is 122 Å². The number of carbonyl (C=O) groups is 1. The number of pyridine rings is 1. The number of benzene rings is 1. The van der Waals surface area contributed by atoms with Crippen LogP contribution in [0.4, 0.5) is 4.39 Å². The van der Waals surface area contributed by atoms with Gasteiger partial charge in [-0.1, -0.05) is 12.1 Å². The van der Waals surface area contributed by atoms with Crippen molar-refractivity contribution < 1.29 is 14.3 Å². The highest BCUT2D eigenvalue weighted by Gasteiger charge is 2.14. The molecule has 0 aliphatic rings. The molecule has 2 rings (SSSR count). The van der Waals surface area contributed by atoms with E-state index in [2.05, 4.69) is 15.9 Å². The smallest absolute Gasteiger partial charge is 0.341 e. The Hall–Kier alpha value is -1.95. The van der Waals surface area contributed by atoms with E-state index in [-0.39, 0.29) is 16.6 Å². The lowest BCUT2D eigenvalue weighted by Crippen LogP contribution is -2.28. The molecule has 0 aliphatic carbocycles. The minimum Gasteiger partial charge on any atom is -0.477 e. The van der Waals surface area contributed by atoms with E-state index in [1.807, 2.05) is 0 Å². The molecule has 1 aromatic carbocycles. The molecule has 6 heteroatoms. The average Bonchev–Trinajstić information content (AvgIpc) is 2.38. The van der Waals surface area contributed by atoms with Crippen molar-refractivity contribution >= 4 is 21.9 Å². The number of rotatable bonds is 3. The summed E-state index contributed by atoms with van der Waals surface area (Å²) in [5, 5.41) is 8.96. The number of halogens is 2. The van der Waals surface area contributed by atoms with Gasteiger partial charge in [-0.15, -0.1) is 0 Å². The molecule has 1 N–H and O–H groups in total. The standard InChI is InChI=1S/C14H11BrFNO3/c1-8-5-6-10(14(19)20)13(18)17(8)7-9-3-2-4-11(16)12(9)15/h2-6H,7H2,1H3,(H,19,20). The van der Waals surface area contributed by atoms with Gasteiger partial charge in [-0.25, -0.2) is 9.18 Å². The third-order valence-corrected chi connectivity index (χ3v) is 3.87. The number of aryl methyl sites for hydroxylation is 1. The lowest BCUT2D eigenvalue weighted by molar-refractivity contribution is 0.0694. The van der Waals surface area contributed by atoms with Gasteiger partial charge in [0.2, 0.25) is 0 Å². The molecule has 0 bridgehead atoms. The summed E-state index contributed by atoms with van der Waals surface area (Å²) < 4.78 is 15.0. The molecule has 0 fully saturated rings. The van der Waals surface area contributed by atoms with Gasteiger partial charge in [-0.3, -0.25) is 4.79 Å². The van der Waals surface area contributed by atoms with E-state index in [1.165, 1.54) is 22.8 Å². The Morgan fingerprint density at radius 3 is 2.70 bits per heavy atom. The molecule has 0 amide bonds. The van der Waals surface area contributed by atoms with Gasteiger partial charge in [0.15, 0.2) is 0 Å². The summed E-state index contributed by atoms with van der Waals surface area (Å²) in [5.41, 5.74) is 0.269. The van der Waals surface area contributed by atoms with Crippen LogP contribution in [0.15, 0.2) is 39.6 Å². The molecule has 0 atom stereocenters. The first kappa shape index (κ1) is 14.5. The molecular weight excluding hydrogens is 329 g/mol. The number of hydrogen-bond acceptors (Lipinski definition) is 2. The van der Waals surface area contributed by atoms with Crippen LogP contribution in [-0.4, -0.2) is 15.6 Å². The minimum absolute atomic E-state index is 0.101. The average molecular weight is 340 g/mol. The predicted octanol–water partition coefficient (Wildman–Crippen LogP) is 2.80. The summed E-state index contributed by atoms with van der Waals surface area (Å²) >= 11 is 3.13. The van der Waals surface area contributed by atoms with E-state index < -0.39 is 17.3 Å². The van der Waals surface area contributed by atoms with Gasteiger partial charge in [-0.05, 0) is 46.6 Å². The number of carboxylic acids is 1. The van der Waals surface area contributed by atoms with Gasteiger partial charge < -0.3 is 9.67 Å². The molecule has 4 nitrogen and oxygen atoms in total. The monoisotopic (exact) mass is 339 g/mol. The first-order chi connectivity index (χ1) is 9.41. The predicted molar refractivity (Wildman–Crippen MR) is 75.6 cm³/mol.